The van der Waals surface area contributed by atoms with E-state index in [1.165, 1.54) is 6.92 Å². The number of carbonyl (C=O) groups is 1. The Hall–Kier alpha value is -0.370. The van der Waals surface area contributed by atoms with E-state index in [1.54, 1.807) is 6.92 Å². The van der Waals surface area contributed by atoms with Crippen LogP contribution in [0.1, 0.15) is 34.1 Å². The monoisotopic (exact) mass is 158 g/mol. The molecule has 0 amide bonds. The first-order chi connectivity index (χ1) is 4.95. The van der Waals surface area contributed by atoms with Crippen molar-refractivity contribution < 1.29 is 9.90 Å². The van der Waals surface area contributed by atoms with Crippen molar-refractivity contribution >= 4 is 5.78 Å². The van der Waals surface area contributed by atoms with Crippen molar-refractivity contribution in [3.05, 3.63) is 0 Å². The van der Waals surface area contributed by atoms with Gasteiger partial charge >= 0.3 is 0 Å². The van der Waals surface area contributed by atoms with Gasteiger partial charge in [-0.25, -0.2) is 0 Å². The van der Waals surface area contributed by atoms with Crippen LogP contribution in [0.2, 0.25) is 0 Å². The number of aliphatic hydroxyl groups excluding tert-OH is 1. The summed E-state index contributed by atoms with van der Waals surface area (Å²) in [5.74, 6) is 0.308. The molecular formula is C9H18O2. The van der Waals surface area contributed by atoms with Crippen molar-refractivity contribution in [3.8, 4) is 0 Å². The molecule has 0 heterocycles. The molecule has 66 valence electrons. The molecule has 0 aromatic heterocycles. The lowest BCUT2D eigenvalue weighted by molar-refractivity contribution is -0.123. The van der Waals surface area contributed by atoms with Gasteiger partial charge in [0.2, 0.25) is 0 Å². The van der Waals surface area contributed by atoms with E-state index in [0.29, 0.717) is 12.3 Å². The van der Waals surface area contributed by atoms with E-state index in [9.17, 15) is 9.90 Å². The quantitative estimate of drug-likeness (QED) is 0.675. The van der Waals surface area contributed by atoms with E-state index in [1.807, 2.05) is 13.8 Å². The maximum absolute atomic E-state index is 10.8. The first kappa shape index (κ1) is 10.6. The van der Waals surface area contributed by atoms with Gasteiger partial charge in [0.15, 0.2) is 0 Å². The molecule has 0 radical (unpaired) electrons. The van der Waals surface area contributed by atoms with E-state index in [4.69, 9.17) is 0 Å². The van der Waals surface area contributed by atoms with Gasteiger partial charge in [-0.3, -0.25) is 4.79 Å². The predicted molar refractivity (Wildman–Crippen MR) is 45.3 cm³/mol. The van der Waals surface area contributed by atoms with Crippen molar-refractivity contribution in [1.82, 2.24) is 0 Å². The first-order valence-electron chi connectivity index (χ1n) is 4.13. The number of ketones is 1. The van der Waals surface area contributed by atoms with Crippen molar-refractivity contribution in [1.29, 1.82) is 0 Å². The molecule has 0 rings (SSSR count). The fourth-order valence-corrected chi connectivity index (χ4v) is 0.958. The molecular weight excluding hydrogens is 140 g/mol. The van der Waals surface area contributed by atoms with Crippen LogP contribution in [0, 0.1) is 11.8 Å². The SMILES string of the molecule is CC(=O)C(C)C(O)CC(C)C. The van der Waals surface area contributed by atoms with Crippen molar-refractivity contribution in [2.75, 3.05) is 0 Å². The topological polar surface area (TPSA) is 37.3 Å². The zero-order valence-corrected chi connectivity index (χ0v) is 7.79. The maximum Gasteiger partial charge on any atom is 0.135 e. The normalized spacial score (nSPS) is 16.5. The van der Waals surface area contributed by atoms with Crippen LogP contribution >= 0.6 is 0 Å². The Kier molecular flexibility index (Phi) is 4.34. The molecule has 0 aliphatic heterocycles. The Labute approximate surface area is 68.6 Å². The summed E-state index contributed by atoms with van der Waals surface area (Å²) < 4.78 is 0. The zero-order chi connectivity index (χ0) is 9.02. The highest BCUT2D eigenvalue weighted by molar-refractivity contribution is 5.78. The smallest absolute Gasteiger partial charge is 0.135 e. The molecule has 2 heteroatoms. The zero-order valence-electron chi connectivity index (χ0n) is 7.79. The van der Waals surface area contributed by atoms with Crippen LogP contribution in [0.4, 0.5) is 0 Å². The molecule has 0 aromatic carbocycles. The maximum atomic E-state index is 10.8. The van der Waals surface area contributed by atoms with Gasteiger partial charge in [0, 0.05) is 5.92 Å². The fourth-order valence-electron chi connectivity index (χ4n) is 0.958. The molecule has 2 atom stereocenters. The number of rotatable bonds is 4. The van der Waals surface area contributed by atoms with Crippen molar-refractivity contribution in [3.63, 3.8) is 0 Å². The number of aliphatic hydroxyl groups is 1. The third-order valence-electron chi connectivity index (χ3n) is 1.93. The van der Waals surface area contributed by atoms with Gasteiger partial charge in [0.1, 0.15) is 5.78 Å². The van der Waals surface area contributed by atoms with Gasteiger partial charge in [-0.15, -0.1) is 0 Å². The van der Waals surface area contributed by atoms with E-state index < -0.39 is 6.10 Å². The second-order valence-electron chi connectivity index (χ2n) is 3.60. The second kappa shape index (κ2) is 4.50. The fraction of sp³-hybridized carbons (Fsp3) is 0.889. The van der Waals surface area contributed by atoms with Crippen LogP contribution in [0.25, 0.3) is 0 Å². The third kappa shape index (κ3) is 4.14. The minimum Gasteiger partial charge on any atom is -0.392 e. The number of Topliss-reactive ketones (excluding diaryl/α,β-unsaturated/α-hetero) is 1. The Morgan fingerprint density at radius 3 is 2.09 bits per heavy atom. The molecule has 0 bridgehead atoms. The van der Waals surface area contributed by atoms with Gasteiger partial charge < -0.3 is 5.11 Å². The summed E-state index contributed by atoms with van der Waals surface area (Å²) in [6.45, 7) is 7.37. The van der Waals surface area contributed by atoms with Crippen molar-refractivity contribution in [2.45, 2.75) is 40.2 Å². The summed E-state index contributed by atoms with van der Waals surface area (Å²) in [5, 5.41) is 9.44. The van der Waals surface area contributed by atoms with Gasteiger partial charge in [0.05, 0.1) is 6.10 Å². The van der Waals surface area contributed by atoms with E-state index in [-0.39, 0.29) is 11.7 Å². The highest BCUT2D eigenvalue weighted by Crippen LogP contribution is 2.13. The lowest BCUT2D eigenvalue weighted by Gasteiger charge is -2.17. The average Bonchev–Trinajstić information content (AvgIpc) is 1.84. The Bertz CT molecular complexity index is 130. The summed E-state index contributed by atoms with van der Waals surface area (Å²) in [7, 11) is 0. The van der Waals surface area contributed by atoms with Gasteiger partial charge in [-0.05, 0) is 19.3 Å². The van der Waals surface area contributed by atoms with Gasteiger partial charge in [-0.2, -0.15) is 0 Å². The van der Waals surface area contributed by atoms with Crippen LogP contribution < -0.4 is 0 Å². The van der Waals surface area contributed by atoms with Crippen LogP contribution in [-0.2, 0) is 4.79 Å². The third-order valence-corrected chi connectivity index (χ3v) is 1.93. The van der Waals surface area contributed by atoms with E-state index in [2.05, 4.69) is 0 Å². The summed E-state index contributed by atoms with van der Waals surface area (Å²) in [4.78, 5) is 10.8. The molecule has 0 fully saturated rings. The summed E-state index contributed by atoms with van der Waals surface area (Å²) in [6, 6.07) is 0. The molecule has 1 N–H and O–H groups in total. The van der Waals surface area contributed by atoms with Crippen LogP contribution in [0.15, 0.2) is 0 Å². The molecule has 0 saturated carbocycles. The van der Waals surface area contributed by atoms with Gasteiger partial charge in [0.25, 0.3) is 0 Å². The van der Waals surface area contributed by atoms with Crippen molar-refractivity contribution in [2.24, 2.45) is 11.8 Å². The lowest BCUT2D eigenvalue weighted by atomic mass is 9.93. The Morgan fingerprint density at radius 1 is 1.36 bits per heavy atom. The minimum absolute atomic E-state index is 0.0677. The molecule has 11 heavy (non-hydrogen) atoms. The second-order valence-corrected chi connectivity index (χ2v) is 3.60. The average molecular weight is 158 g/mol. The van der Waals surface area contributed by atoms with Crippen LogP contribution in [-0.4, -0.2) is 17.0 Å². The molecule has 2 unspecified atom stereocenters. The standard InChI is InChI=1S/C9H18O2/c1-6(2)5-9(11)7(3)8(4)10/h6-7,9,11H,5H2,1-4H3. The number of hydrogen-bond donors (Lipinski definition) is 1. The highest BCUT2D eigenvalue weighted by atomic mass is 16.3. The Balaban J connectivity index is 3.82. The summed E-state index contributed by atoms with van der Waals surface area (Å²) in [5.41, 5.74) is 0. The van der Waals surface area contributed by atoms with Crippen LogP contribution in [0.3, 0.4) is 0 Å². The Morgan fingerprint density at radius 2 is 1.82 bits per heavy atom. The molecule has 0 aliphatic carbocycles. The van der Waals surface area contributed by atoms with E-state index >= 15 is 0 Å². The van der Waals surface area contributed by atoms with E-state index in [0.717, 1.165) is 0 Å². The highest BCUT2D eigenvalue weighted by Gasteiger charge is 2.18. The summed E-state index contributed by atoms with van der Waals surface area (Å²) >= 11 is 0. The summed E-state index contributed by atoms with van der Waals surface area (Å²) in [6.07, 6.45) is 0.244. The molecule has 0 saturated heterocycles. The van der Waals surface area contributed by atoms with Crippen LogP contribution in [0.5, 0.6) is 0 Å². The molecule has 0 spiro atoms. The lowest BCUT2D eigenvalue weighted by Crippen LogP contribution is -2.25. The first-order valence-corrected chi connectivity index (χ1v) is 4.13. The number of hydrogen-bond acceptors (Lipinski definition) is 2. The molecule has 2 nitrogen and oxygen atoms in total. The predicted octanol–water partition coefficient (Wildman–Crippen LogP) is 1.62. The molecule has 0 aliphatic rings. The largest absolute Gasteiger partial charge is 0.392 e. The van der Waals surface area contributed by atoms with Gasteiger partial charge in [-0.1, -0.05) is 20.8 Å². The minimum atomic E-state index is -0.465. The number of carbonyl (C=O) groups excluding carboxylic acids is 1. The molecule has 0 aromatic rings.